The fourth-order valence-corrected chi connectivity index (χ4v) is 3.55. The summed E-state index contributed by atoms with van der Waals surface area (Å²) in [6.07, 6.45) is -0.497. The average molecular weight is 398 g/mol. The van der Waals surface area contributed by atoms with E-state index < -0.39 is 17.7 Å². The Bertz CT molecular complexity index is 705. The van der Waals surface area contributed by atoms with Gasteiger partial charge >= 0.3 is 12.1 Å². The molecule has 0 bridgehead atoms. The summed E-state index contributed by atoms with van der Waals surface area (Å²) in [5.41, 5.74) is 1.93. The lowest BCUT2D eigenvalue weighted by Gasteiger charge is -2.16. The highest BCUT2D eigenvalue weighted by molar-refractivity contribution is 5.69. The first-order chi connectivity index (χ1) is 13.2. The van der Waals surface area contributed by atoms with Crippen molar-refractivity contribution in [3.8, 4) is 5.75 Å². The number of hydrogen-bond acceptors (Lipinski definition) is 3. The zero-order valence-corrected chi connectivity index (χ0v) is 16.8. The van der Waals surface area contributed by atoms with Gasteiger partial charge in [-0.25, -0.2) is 0 Å². The molecule has 0 aromatic heterocycles. The van der Waals surface area contributed by atoms with E-state index in [2.05, 4.69) is 13.8 Å². The number of rotatable bonds is 9. The molecule has 156 valence electrons. The molecule has 1 aliphatic rings. The maximum atomic E-state index is 13.5. The summed E-state index contributed by atoms with van der Waals surface area (Å²) in [5, 5.41) is 0. The minimum absolute atomic E-state index is 0.0162. The van der Waals surface area contributed by atoms with Gasteiger partial charge < -0.3 is 9.47 Å². The zero-order chi connectivity index (χ0) is 20.7. The number of carbonyl (C=O) groups excluding carboxylic acids is 1. The molecule has 0 spiro atoms. The average Bonchev–Trinajstić information content (AvgIpc) is 3.04. The number of benzene rings is 1. The molecule has 0 aliphatic heterocycles. The van der Waals surface area contributed by atoms with Crippen LogP contribution in [-0.2, 0) is 22.1 Å². The van der Waals surface area contributed by atoms with Crippen molar-refractivity contribution in [3.05, 3.63) is 40.5 Å². The van der Waals surface area contributed by atoms with Crippen LogP contribution in [0.3, 0.4) is 0 Å². The molecule has 0 atom stereocenters. The van der Waals surface area contributed by atoms with Crippen LogP contribution < -0.4 is 4.74 Å². The van der Waals surface area contributed by atoms with Crippen LogP contribution in [0.2, 0.25) is 0 Å². The molecule has 0 heterocycles. The molecule has 0 radical (unpaired) electrons. The monoisotopic (exact) mass is 398 g/mol. The van der Waals surface area contributed by atoms with E-state index in [0.717, 1.165) is 31.7 Å². The van der Waals surface area contributed by atoms with Gasteiger partial charge in [0.15, 0.2) is 0 Å². The Morgan fingerprint density at radius 1 is 1.18 bits per heavy atom. The number of carbonyl (C=O) groups is 1. The van der Waals surface area contributed by atoms with Crippen molar-refractivity contribution in [1.29, 1.82) is 0 Å². The summed E-state index contributed by atoms with van der Waals surface area (Å²) in [6, 6.07) is 3.99. The molecule has 0 N–H and O–H groups in total. The Kier molecular flexibility index (Phi) is 7.96. The van der Waals surface area contributed by atoms with Gasteiger partial charge in [-0.3, -0.25) is 4.79 Å². The van der Waals surface area contributed by atoms with E-state index in [9.17, 15) is 18.0 Å². The van der Waals surface area contributed by atoms with Crippen molar-refractivity contribution in [1.82, 2.24) is 0 Å². The predicted octanol–water partition coefficient (Wildman–Crippen LogP) is 6.11. The lowest BCUT2D eigenvalue weighted by molar-refractivity contribution is -0.144. The SMILES string of the molecule is CCOC(=O)CCc1ccc(OCC2=C(CC(C)C)CCC2)cc1C(F)(F)F. The van der Waals surface area contributed by atoms with Crippen molar-refractivity contribution in [2.24, 2.45) is 5.92 Å². The standard InChI is InChI=1S/C22H29F3O3/c1-4-27-21(26)11-9-16-8-10-19(13-20(16)22(23,24)25)28-14-18-7-5-6-17(18)12-15(2)3/h8,10,13,15H,4-7,9,11-12,14H2,1-3H3. The quantitative estimate of drug-likeness (QED) is 0.372. The molecule has 3 nitrogen and oxygen atoms in total. The fraction of sp³-hybridized carbons (Fsp3) is 0.591. The third-order valence-electron chi connectivity index (χ3n) is 4.82. The highest BCUT2D eigenvalue weighted by Crippen LogP contribution is 2.36. The summed E-state index contributed by atoms with van der Waals surface area (Å²) in [6.45, 7) is 6.54. The molecule has 0 saturated carbocycles. The van der Waals surface area contributed by atoms with Crippen LogP contribution in [0.1, 0.15) is 64.0 Å². The maximum Gasteiger partial charge on any atom is 0.416 e. The summed E-state index contributed by atoms with van der Waals surface area (Å²) in [4.78, 5) is 11.5. The van der Waals surface area contributed by atoms with Gasteiger partial charge in [-0.2, -0.15) is 13.2 Å². The Balaban J connectivity index is 2.10. The van der Waals surface area contributed by atoms with E-state index in [-0.39, 0.29) is 30.8 Å². The van der Waals surface area contributed by atoms with E-state index in [0.29, 0.717) is 12.5 Å². The van der Waals surface area contributed by atoms with E-state index in [1.54, 1.807) is 13.0 Å². The Hall–Kier alpha value is -1.98. The second-order valence-electron chi connectivity index (χ2n) is 7.57. The Morgan fingerprint density at radius 2 is 1.89 bits per heavy atom. The zero-order valence-electron chi connectivity index (χ0n) is 16.8. The van der Waals surface area contributed by atoms with Gasteiger partial charge in [-0.05, 0) is 68.2 Å². The first-order valence-electron chi connectivity index (χ1n) is 9.89. The van der Waals surface area contributed by atoms with Crippen LogP contribution in [0, 0.1) is 5.92 Å². The van der Waals surface area contributed by atoms with Crippen molar-refractivity contribution in [3.63, 3.8) is 0 Å². The van der Waals surface area contributed by atoms with Gasteiger partial charge in [-0.1, -0.05) is 25.5 Å². The Morgan fingerprint density at radius 3 is 2.54 bits per heavy atom. The smallest absolute Gasteiger partial charge is 0.416 e. The second-order valence-corrected chi connectivity index (χ2v) is 7.57. The molecule has 1 aromatic rings. The molecule has 0 saturated heterocycles. The van der Waals surface area contributed by atoms with Crippen LogP contribution in [0.25, 0.3) is 0 Å². The minimum Gasteiger partial charge on any atom is -0.489 e. The number of esters is 1. The van der Waals surface area contributed by atoms with E-state index in [1.807, 2.05) is 0 Å². The summed E-state index contributed by atoms with van der Waals surface area (Å²) in [7, 11) is 0. The van der Waals surface area contributed by atoms with Crippen molar-refractivity contribution >= 4 is 5.97 Å². The lowest BCUT2D eigenvalue weighted by atomic mass is 10.00. The van der Waals surface area contributed by atoms with Gasteiger partial charge in [-0.15, -0.1) is 0 Å². The number of hydrogen-bond donors (Lipinski definition) is 0. The normalized spacial score (nSPS) is 14.7. The molecule has 2 rings (SSSR count). The molecule has 28 heavy (non-hydrogen) atoms. The number of ether oxygens (including phenoxy) is 2. The molecule has 0 fully saturated rings. The third-order valence-corrected chi connectivity index (χ3v) is 4.82. The van der Waals surface area contributed by atoms with Crippen molar-refractivity contribution in [2.45, 2.75) is 65.5 Å². The molecule has 1 aliphatic carbocycles. The third kappa shape index (κ3) is 6.57. The number of allylic oxidation sites excluding steroid dienone is 1. The highest BCUT2D eigenvalue weighted by Gasteiger charge is 2.34. The van der Waals surface area contributed by atoms with Crippen molar-refractivity contribution < 1.29 is 27.4 Å². The summed E-state index contributed by atoms with van der Waals surface area (Å²) in [5.74, 6) is 0.260. The molecule has 6 heteroatoms. The molecule has 1 aromatic carbocycles. The summed E-state index contributed by atoms with van der Waals surface area (Å²) < 4.78 is 50.9. The van der Waals surface area contributed by atoms with Gasteiger partial charge in [0.05, 0.1) is 12.2 Å². The topological polar surface area (TPSA) is 35.5 Å². The first kappa shape index (κ1) is 22.3. The van der Waals surface area contributed by atoms with E-state index >= 15 is 0 Å². The van der Waals surface area contributed by atoms with Crippen LogP contribution in [0.5, 0.6) is 5.75 Å². The van der Waals surface area contributed by atoms with E-state index in [1.165, 1.54) is 17.2 Å². The van der Waals surface area contributed by atoms with Gasteiger partial charge in [0.1, 0.15) is 12.4 Å². The predicted molar refractivity (Wildman–Crippen MR) is 102 cm³/mol. The van der Waals surface area contributed by atoms with Crippen molar-refractivity contribution in [2.75, 3.05) is 13.2 Å². The van der Waals surface area contributed by atoms with Crippen LogP contribution in [0.4, 0.5) is 13.2 Å². The molecular formula is C22H29F3O3. The number of aryl methyl sites for hydroxylation is 1. The van der Waals surface area contributed by atoms with Crippen LogP contribution >= 0.6 is 0 Å². The number of halogens is 3. The van der Waals surface area contributed by atoms with Gasteiger partial charge in [0.2, 0.25) is 0 Å². The first-order valence-corrected chi connectivity index (χ1v) is 9.89. The minimum atomic E-state index is -4.50. The lowest BCUT2D eigenvalue weighted by Crippen LogP contribution is -2.12. The molecular weight excluding hydrogens is 369 g/mol. The van der Waals surface area contributed by atoms with Crippen LogP contribution in [-0.4, -0.2) is 19.2 Å². The van der Waals surface area contributed by atoms with Gasteiger partial charge in [0, 0.05) is 6.42 Å². The van der Waals surface area contributed by atoms with E-state index in [4.69, 9.17) is 9.47 Å². The maximum absolute atomic E-state index is 13.5. The highest BCUT2D eigenvalue weighted by atomic mass is 19.4. The Labute approximate surface area is 164 Å². The van der Waals surface area contributed by atoms with Gasteiger partial charge in [0.25, 0.3) is 0 Å². The fourth-order valence-electron chi connectivity index (χ4n) is 3.55. The second kappa shape index (κ2) is 9.99. The largest absolute Gasteiger partial charge is 0.489 e. The molecule has 0 unspecified atom stereocenters. The summed E-state index contributed by atoms with van der Waals surface area (Å²) >= 11 is 0. The van der Waals surface area contributed by atoms with Crippen LogP contribution in [0.15, 0.2) is 29.3 Å². The number of alkyl halides is 3. The molecule has 0 amide bonds.